The molecule has 1 aromatic heterocycles. The largest absolute Gasteiger partial charge is 0.314 e. The summed E-state index contributed by atoms with van der Waals surface area (Å²) in [6, 6.07) is 0.762. The molecule has 2 rings (SSSR count). The van der Waals surface area contributed by atoms with Crippen molar-refractivity contribution >= 4 is 0 Å². The summed E-state index contributed by atoms with van der Waals surface area (Å²) in [5.74, 6) is 0. The molecule has 1 saturated heterocycles. The molecule has 1 aromatic rings. The fourth-order valence-electron chi connectivity index (χ4n) is 2.95. The molecule has 0 amide bonds. The van der Waals surface area contributed by atoms with Crippen molar-refractivity contribution in [3.63, 3.8) is 0 Å². The zero-order chi connectivity index (χ0) is 12.3. The molecule has 0 aromatic carbocycles. The summed E-state index contributed by atoms with van der Waals surface area (Å²) in [5, 5.41) is 8.20. The molecule has 0 saturated carbocycles. The third kappa shape index (κ3) is 2.89. The summed E-state index contributed by atoms with van der Waals surface area (Å²) in [5.41, 5.74) is 4.01. The Hall–Kier alpha value is -0.830. The second-order valence-electron chi connectivity index (χ2n) is 5.16. The van der Waals surface area contributed by atoms with E-state index in [-0.39, 0.29) is 0 Å². The van der Waals surface area contributed by atoms with Crippen molar-refractivity contribution in [1.29, 1.82) is 0 Å². The van der Waals surface area contributed by atoms with E-state index in [1.165, 1.54) is 49.2 Å². The highest BCUT2D eigenvalue weighted by molar-refractivity contribution is 5.24. The van der Waals surface area contributed by atoms with Crippen molar-refractivity contribution in [3.05, 3.63) is 17.0 Å². The van der Waals surface area contributed by atoms with Crippen molar-refractivity contribution in [2.24, 2.45) is 0 Å². The van der Waals surface area contributed by atoms with Gasteiger partial charge in [0.2, 0.25) is 0 Å². The van der Waals surface area contributed by atoms with Crippen molar-refractivity contribution in [1.82, 2.24) is 15.1 Å². The van der Waals surface area contributed by atoms with Gasteiger partial charge in [0.25, 0.3) is 0 Å². The second-order valence-corrected chi connectivity index (χ2v) is 5.16. The maximum Gasteiger partial charge on any atom is 0.0628 e. The van der Waals surface area contributed by atoms with E-state index in [0.717, 1.165) is 19.0 Å². The maximum absolute atomic E-state index is 4.64. The molecule has 0 bridgehead atoms. The van der Waals surface area contributed by atoms with Crippen LogP contribution in [0.4, 0.5) is 0 Å². The van der Waals surface area contributed by atoms with Crippen LogP contribution in [0.1, 0.15) is 49.6 Å². The van der Waals surface area contributed by atoms with Gasteiger partial charge in [-0.1, -0.05) is 6.92 Å². The first-order valence-electron chi connectivity index (χ1n) is 6.98. The van der Waals surface area contributed by atoms with Crippen LogP contribution in [-0.2, 0) is 13.0 Å². The van der Waals surface area contributed by atoms with Crippen LogP contribution < -0.4 is 5.32 Å². The van der Waals surface area contributed by atoms with Crippen molar-refractivity contribution in [2.75, 3.05) is 6.54 Å². The molecule has 1 N–H and O–H groups in total. The first kappa shape index (κ1) is 12.6. The molecule has 1 aliphatic heterocycles. The molecule has 2 heterocycles. The summed E-state index contributed by atoms with van der Waals surface area (Å²) in [6.07, 6.45) is 6.34. The lowest BCUT2D eigenvalue weighted by atomic mass is 10.1. The van der Waals surface area contributed by atoms with Crippen LogP contribution in [0.3, 0.4) is 0 Å². The lowest BCUT2D eigenvalue weighted by Crippen LogP contribution is -2.21. The molecule has 1 aliphatic rings. The molecular formula is C14H25N3. The molecule has 3 nitrogen and oxygen atoms in total. The molecule has 1 unspecified atom stereocenters. The Balaban J connectivity index is 1.86. The second kappa shape index (κ2) is 5.67. The molecule has 0 spiro atoms. The lowest BCUT2D eigenvalue weighted by molar-refractivity contribution is 0.478. The van der Waals surface area contributed by atoms with Gasteiger partial charge >= 0.3 is 0 Å². The minimum Gasteiger partial charge on any atom is -0.314 e. The molecule has 17 heavy (non-hydrogen) atoms. The van der Waals surface area contributed by atoms with Gasteiger partial charge in [-0.05, 0) is 58.1 Å². The fourth-order valence-corrected chi connectivity index (χ4v) is 2.95. The summed E-state index contributed by atoms with van der Waals surface area (Å²) < 4.78 is 2.20. The number of nitrogens with zero attached hydrogens (tertiary/aromatic N) is 2. The summed E-state index contributed by atoms with van der Waals surface area (Å²) in [4.78, 5) is 0. The predicted molar refractivity (Wildman–Crippen MR) is 71.3 cm³/mol. The van der Waals surface area contributed by atoms with Gasteiger partial charge in [0.05, 0.1) is 5.69 Å². The highest BCUT2D eigenvalue weighted by Gasteiger charge is 2.14. The maximum atomic E-state index is 4.64. The van der Waals surface area contributed by atoms with Crippen molar-refractivity contribution < 1.29 is 0 Å². The van der Waals surface area contributed by atoms with Gasteiger partial charge in [-0.2, -0.15) is 5.10 Å². The first-order chi connectivity index (χ1) is 8.22. The first-order valence-corrected chi connectivity index (χ1v) is 6.98. The minimum atomic E-state index is 0.762. The average Bonchev–Trinajstić information content (AvgIpc) is 2.89. The zero-order valence-corrected chi connectivity index (χ0v) is 11.4. The van der Waals surface area contributed by atoms with E-state index in [2.05, 4.69) is 35.9 Å². The van der Waals surface area contributed by atoms with E-state index in [9.17, 15) is 0 Å². The highest BCUT2D eigenvalue weighted by Crippen LogP contribution is 2.16. The summed E-state index contributed by atoms with van der Waals surface area (Å²) in [7, 11) is 0. The molecule has 1 fully saturated rings. The van der Waals surface area contributed by atoms with E-state index in [1.54, 1.807) is 0 Å². The monoisotopic (exact) mass is 235 g/mol. The number of nitrogens with one attached hydrogen (secondary N) is 1. The molecule has 0 radical (unpaired) electrons. The average molecular weight is 235 g/mol. The lowest BCUT2D eigenvalue weighted by Gasteiger charge is -2.10. The van der Waals surface area contributed by atoms with Crippen LogP contribution >= 0.6 is 0 Å². The zero-order valence-electron chi connectivity index (χ0n) is 11.4. The van der Waals surface area contributed by atoms with Gasteiger partial charge in [-0.3, -0.25) is 4.68 Å². The van der Waals surface area contributed by atoms with Crippen LogP contribution in [0.2, 0.25) is 0 Å². The van der Waals surface area contributed by atoms with E-state index in [0.29, 0.717) is 0 Å². The Kier molecular flexibility index (Phi) is 4.21. The number of aromatic nitrogens is 2. The topological polar surface area (TPSA) is 29.9 Å². The van der Waals surface area contributed by atoms with Gasteiger partial charge in [-0.25, -0.2) is 0 Å². The molecule has 1 atom stereocenters. The van der Waals surface area contributed by atoms with E-state index >= 15 is 0 Å². The van der Waals surface area contributed by atoms with E-state index in [1.807, 2.05) is 0 Å². The number of hydrogen-bond donors (Lipinski definition) is 1. The minimum absolute atomic E-state index is 0.762. The normalized spacial score (nSPS) is 20.1. The predicted octanol–water partition coefficient (Wildman–Crippen LogP) is 2.59. The van der Waals surface area contributed by atoms with Gasteiger partial charge in [-0.15, -0.1) is 0 Å². The molecule has 0 aliphatic carbocycles. The van der Waals surface area contributed by atoms with Gasteiger partial charge in [0.15, 0.2) is 0 Å². The Morgan fingerprint density at radius 3 is 2.82 bits per heavy atom. The standard InChI is InChI=1S/C14H25N3/c1-4-14-11(2)16-17(12(14)3)10-6-8-13-7-5-9-15-13/h13,15H,4-10H2,1-3H3. The van der Waals surface area contributed by atoms with Crippen LogP contribution in [0.5, 0.6) is 0 Å². The summed E-state index contributed by atoms with van der Waals surface area (Å²) >= 11 is 0. The number of aryl methyl sites for hydroxylation is 2. The SMILES string of the molecule is CCc1c(C)nn(CCCC2CCCN2)c1C. The Morgan fingerprint density at radius 1 is 1.41 bits per heavy atom. The Bertz CT molecular complexity index is 362. The van der Waals surface area contributed by atoms with Crippen LogP contribution in [0.25, 0.3) is 0 Å². The van der Waals surface area contributed by atoms with E-state index in [4.69, 9.17) is 0 Å². The third-order valence-corrected chi connectivity index (χ3v) is 3.97. The van der Waals surface area contributed by atoms with Crippen LogP contribution in [-0.4, -0.2) is 22.4 Å². The van der Waals surface area contributed by atoms with Gasteiger partial charge in [0, 0.05) is 18.3 Å². The fraction of sp³-hybridized carbons (Fsp3) is 0.786. The Morgan fingerprint density at radius 2 is 2.24 bits per heavy atom. The molecule has 96 valence electrons. The Labute approximate surface area is 105 Å². The molecular weight excluding hydrogens is 210 g/mol. The summed E-state index contributed by atoms with van der Waals surface area (Å²) in [6.45, 7) is 8.83. The smallest absolute Gasteiger partial charge is 0.0628 e. The van der Waals surface area contributed by atoms with Gasteiger partial charge < -0.3 is 5.32 Å². The number of hydrogen-bond acceptors (Lipinski definition) is 2. The van der Waals surface area contributed by atoms with Crippen molar-refractivity contribution in [3.8, 4) is 0 Å². The van der Waals surface area contributed by atoms with Crippen LogP contribution in [0.15, 0.2) is 0 Å². The third-order valence-electron chi connectivity index (χ3n) is 3.97. The van der Waals surface area contributed by atoms with E-state index < -0.39 is 0 Å². The van der Waals surface area contributed by atoms with Crippen LogP contribution in [0, 0.1) is 13.8 Å². The van der Waals surface area contributed by atoms with Crippen molar-refractivity contribution in [2.45, 2.75) is 65.5 Å². The van der Waals surface area contributed by atoms with Gasteiger partial charge in [0.1, 0.15) is 0 Å². The quantitative estimate of drug-likeness (QED) is 0.850. The molecule has 3 heteroatoms. The number of rotatable bonds is 5. The highest BCUT2D eigenvalue weighted by atomic mass is 15.3.